The molecule has 0 N–H and O–H groups in total. The van der Waals surface area contributed by atoms with Gasteiger partial charge < -0.3 is 0 Å². The third-order valence-electron chi connectivity index (χ3n) is 6.90. The molecule has 0 aromatic rings. The Bertz CT molecular complexity index is 505. The van der Waals surface area contributed by atoms with Gasteiger partial charge in [-0.05, 0) is 37.0 Å². The van der Waals surface area contributed by atoms with E-state index in [-0.39, 0.29) is 28.8 Å². The summed E-state index contributed by atoms with van der Waals surface area (Å²) in [6, 6.07) is 0. The third kappa shape index (κ3) is 2.11. The molecular formula is C18H26O3. The monoisotopic (exact) mass is 290 g/mol. The van der Waals surface area contributed by atoms with Crippen LogP contribution in [0.2, 0.25) is 0 Å². The Balaban J connectivity index is 2.04. The molecule has 2 bridgehead atoms. The van der Waals surface area contributed by atoms with Crippen LogP contribution in [0.1, 0.15) is 65.7 Å². The lowest BCUT2D eigenvalue weighted by molar-refractivity contribution is -0.154. The van der Waals surface area contributed by atoms with Crippen LogP contribution >= 0.6 is 0 Å². The van der Waals surface area contributed by atoms with Gasteiger partial charge in [0.05, 0.1) is 0 Å². The van der Waals surface area contributed by atoms with E-state index in [2.05, 4.69) is 13.8 Å². The number of fused-ring (bicyclic) bond motifs is 3. The van der Waals surface area contributed by atoms with Crippen molar-refractivity contribution in [2.75, 3.05) is 0 Å². The quantitative estimate of drug-likeness (QED) is 0.687. The lowest BCUT2D eigenvalue weighted by Crippen LogP contribution is -2.53. The molecule has 3 fully saturated rings. The topological polar surface area (TPSA) is 51.2 Å². The highest BCUT2D eigenvalue weighted by Gasteiger charge is 2.55. The zero-order chi connectivity index (χ0) is 15.4. The van der Waals surface area contributed by atoms with Crippen molar-refractivity contribution < 1.29 is 14.4 Å². The van der Waals surface area contributed by atoms with Crippen LogP contribution in [0.5, 0.6) is 0 Å². The molecule has 3 nitrogen and oxygen atoms in total. The van der Waals surface area contributed by atoms with Gasteiger partial charge in [-0.15, -0.1) is 0 Å². The van der Waals surface area contributed by atoms with Crippen molar-refractivity contribution in [1.82, 2.24) is 0 Å². The van der Waals surface area contributed by atoms with E-state index >= 15 is 0 Å². The second-order valence-electron chi connectivity index (χ2n) is 8.23. The van der Waals surface area contributed by atoms with Crippen LogP contribution in [0.25, 0.3) is 0 Å². The Hall–Kier alpha value is -0.990. The van der Waals surface area contributed by atoms with Gasteiger partial charge in [-0.2, -0.15) is 0 Å². The Labute approximate surface area is 126 Å². The normalized spacial score (nSPS) is 43.0. The van der Waals surface area contributed by atoms with E-state index in [1.165, 1.54) is 0 Å². The fourth-order valence-corrected chi connectivity index (χ4v) is 5.11. The molecule has 4 atom stereocenters. The van der Waals surface area contributed by atoms with Crippen molar-refractivity contribution >= 4 is 17.3 Å². The molecule has 0 aromatic heterocycles. The molecule has 116 valence electrons. The van der Waals surface area contributed by atoms with Crippen molar-refractivity contribution in [2.24, 2.45) is 28.6 Å². The summed E-state index contributed by atoms with van der Waals surface area (Å²) in [5, 5.41) is 0. The lowest BCUT2D eigenvalue weighted by atomic mass is 9.51. The van der Waals surface area contributed by atoms with Gasteiger partial charge in [-0.25, -0.2) is 0 Å². The number of ketones is 3. The second-order valence-corrected chi connectivity index (χ2v) is 8.23. The molecule has 0 spiro atoms. The number of carbonyl (C=O) groups excluding carboxylic acids is 3. The smallest absolute Gasteiger partial charge is 0.139 e. The average molecular weight is 290 g/mol. The van der Waals surface area contributed by atoms with E-state index in [1.807, 2.05) is 6.92 Å². The molecular weight excluding hydrogens is 264 g/mol. The van der Waals surface area contributed by atoms with Gasteiger partial charge >= 0.3 is 0 Å². The molecule has 0 heterocycles. The highest BCUT2D eigenvalue weighted by Crippen LogP contribution is 2.55. The fourth-order valence-electron chi connectivity index (χ4n) is 5.11. The minimum atomic E-state index is -0.514. The summed E-state index contributed by atoms with van der Waals surface area (Å²) in [4.78, 5) is 37.8. The van der Waals surface area contributed by atoms with Crippen LogP contribution in [-0.2, 0) is 14.4 Å². The van der Waals surface area contributed by atoms with Crippen LogP contribution in [-0.4, -0.2) is 17.3 Å². The summed E-state index contributed by atoms with van der Waals surface area (Å²) >= 11 is 0. The minimum Gasteiger partial charge on any atom is -0.299 e. The van der Waals surface area contributed by atoms with Crippen LogP contribution in [0.15, 0.2) is 0 Å². The van der Waals surface area contributed by atoms with E-state index < -0.39 is 5.41 Å². The van der Waals surface area contributed by atoms with Gasteiger partial charge in [-0.3, -0.25) is 14.4 Å². The molecule has 2 unspecified atom stereocenters. The molecule has 0 aliphatic heterocycles. The molecule has 3 aliphatic rings. The maximum absolute atomic E-state index is 12.9. The van der Waals surface area contributed by atoms with Crippen LogP contribution in [0.4, 0.5) is 0 Å². The SMILES string of the molecule is CC1(C)C2CCC(=O)C1C[C@@H]1C(=O)CCC[C@@]1(C)C(=O)C2. The first-order chi connectivity index (χ1) is 9.76. The van der Waals surface area contributed by atoms with Crippen molar-refractivity contribution in [1.29, 1.82) is 0 Å². The molecule has 21 heavy (non-hydrogen) atoms. The maximum atomic E-state index is 12.9. The largest absolute Gasteiger partial charge is 0.299 e. The van der Waals surface area contributed by atoms with Gasteiger partial charge in [0, 0.05) is 36.5 Å². The van der Waals surface area contributed by atoms with Crippen LogP contribution < -0.4 is 0 Å². The van der Waals surface area contributed by atoms with E-state index in [4.69, 9.17) is 0 Å². The number of carbonyl (C=O) groups is 3. The first kappa shape index (κ1) is 14.9. The van der Waals surface area contributed by atoms with Gasteiger partial charge in [0.25, 0.3) is 0 Å². The number of hydrogen-bond donors (Lipinski definition) is 0. The standard InChI is InChI=1S/C18H26O3/c1-17(2)11-6-7-15(20)12(17)10-13-14(19)5-4-8-18(13,3)16(21)9-11/h11-13H,4-10H2,1-3H3/t11?,12?,13-,18-/m1/s1. The molecule has 0 saturated heterocycles. The van der Waals surface area contributed by atoms with Crippen molar-refractivity contribution in [3.63, 3.8) is 0 Å². The molecule has 3 saturated carbocycles. The zero-order valence-electron chi connectivity index (χ0n) is 13.4. The summed E-state index contributed by atoms with van der Waals surface area (Å²) in [7, 11) is 0. The maximum Gasteiger partial charge on any atom is 0.139 e. The van der Waals surface area contributed by atoms with Crippen molar-refractivity contribution in [3.8, 4) is 0 Å². The predicted octanol–water partition coefficient (Wildman–Crippen LogP) is 3.35. The van der Waals surface area contributed by atoms with Gasteiger partial charge in [0.2, 0.25) is 0 Å². The summed E-state index contributed by atoms with van der Waals surface area (Å²) in [6.45, 7) is 6.24. The molecule has 3 aliphatic carbocycles. The Morgan fingerprint density at radius 3 is 2.33 bits per heavy atom. The average Bonchev–Trinajstić information content (AvgIpc) is 2.39. The third-order valence-corrected chi connectivity index (χ3v) is 6.90. The van der Waals surface area contributed by atoms with Crippen LogP contribution in [0, 0.1) is 28.6 Å². The highest BCUT2D eigenvalue weighted by molar-refractivity contribution is 5.95. The highest BCUT2D eigenvalue weighted by atomic mass is 16.1. The van der Waals surface area contributed by atoms with Gasteiger partial charge in [0.15, 0.2) is 0 Å². The van der Waals surface area contributed by atoms with Crippen LogP contribution in [0.3, 0.4) is 0 Å². The lowest BCUT2D eigenvalue weighted by Gasteiger charge is -2.51. The molecule has 0 amide bonds. The second kappa shape index (κ2) is 4.76. The zero-order valence-corrected chi connectivity index (χ0v) is 13.4. The van der Waals surface area contributed by atoms with Gasteiger partial charge in [0.1, 0.15) is 17.3 Å². The van der Waals surface area contributed by atoms with E-state index in [0.717, 1.165) is 19.3 Å². The molecule has 0 aromatic carbocycles. The van der Waals surface area contributed by atoms with E-state index in [0.29, 0.717) is 37.4 Å². The summed E-state index contributed by atoms with van der Waals surface area (Å²) < 4.78 is 0. The van der Waals surface area contributed by atoms with E-state index in [9.17, 15) is 14.4 Å². The van der Waals surface area contributed by atoms with Crippen molar-refractivity contribution in [3.05, 3.63) is 0 Å². The van der Waals surface area contributed by atoms with Gasteiger partial charge in [-0.1, -0.05) is 20.8 Å². The molecule has 3 rings (SSSR count). The van der Waals surface area contributed by atoms with E-state index in [1.54, 1.807) is 0 Å². The predicted molar refractivity (Wildman–Crippen MR) is 79.7 cm³/mol. The summed E-state index contributed by atoms with van der Waals surface area (Å²) in [5.74, 6) is 0.812. The summed E-state index contributed by atoms with van der Waals surface area (Å²) in [5.41, 5.74) is -0.663. The number of Topliss-reactive ketones (excluding diaryl/α,β-unsaturated/α-hetero) is 3. The van der Waals surface area contributed by atoms with Crippen molar-refractivity contribution in [2.45, 2.75) is 65.7 Å². The number of hydrogen-bond acceptors (Lipinski definition) is 3. The first-order valence-electron chi connectivity index (χ1n) is 8.35. The Kier molecular flexibility index (Phi) is 3.38. The number of rotatable bonds is 0. The fraction of sp³-hybridized carbons (Fsp3) is 0.833. The summed E-state index contributed by atoms with van der Waals surface area (Å²) in [6.07, 6.45) is 4.80. The first-order valence-corrected chi connectivity index (χ1v) is 8.35. The minimum absolute atomic E-state index is 0.0456. The molecule has 0 radical (unpaired) electrons. The Morgan fingerprint density at radius 2 is 1.62 bits per heavy atom. The molecule has 3 heteroatoms. The Morgan fingerprint density at radius 1 is 0.952 bits per heavy atom.